The van der Waals surface area contributed by atoms with Gasteiger partial charge in [-0.25, -0.2) is 24.0 Å². The van der Waals surface area contributed by atoms with Crippen LogP contribution in [0, 0.1) is 6.92 Å². The number of esters is 5. The summed E-state index contributed by atoms with van der Waals surface area (Å²) in [7, 11) is 1.16. The van der Waals surface area contributed by atoms with E-state index < -0.39 is 54.8 Å². The molecule has 5 aromatic heterocycles. The number of ether oxygens (including phenoxy) is 5. The van der Waals surface area contributed by atoms with Crippen molar-refractivity contribution in [1.82, 2.24) is 19.9 Å². The van der Waals surface area contributed by atoms with E-state index in [1.807, 2.05) is 0 Å². The second kappa shape index (κ2) is 16.4. The number of aromatic nitrogens is 4. The van der Waals surface area contributed by atoms with E-state index in [1.165, 1.54) is 111 Å². The molecule has 5 rings (SSSR count). The number of carbonyl (C=O) groups is 5. The fourth-order valence-electron chi connectivity index (χ4n) is 4.53. The number of hydrogen-bond acceptors (Lipinski definition) is 15. The Bertz CT molecular complexity index is 1940. The van der Waals surface area contributed by atoms with Gasteiger partial charge in [0.1, 0.15) is 23.7 Å². The molecule has 50 heavy (non-hydrogen) atoms. The van der Waals surface area contributed by atoms with Crippen LogP contribution in [-0.4, -0.2) is 75.7 Å². The van der Waals surface area contributed by atoms with Crippen molar-refractivity contribution in [2.45, 2.75) is 25.2 Å². The van der Waals surface area contributed by atoms with Crippen molar-refractivity contribution in [2.75, 3.05) is 13.7 Å². The molecular formula is C35H28N4O11. The Morgan fingerprint density at radius 1 is 0.640 bits per heavy atom. The predicted octanol–water partition coefficient (Wildman–Crippen LogP) is 4.16. The second-order valence-electron chi connectivity index (χ2n) is 10.3. The maximum absolute atomic E-state index is 13.6. The van der Waals surface area contributed by atoms with E-state index in [0.717, 1.165) is 7.11 Å². The van der Waals surface area contributed by atoms with E-state index in [4.69, 9.17) is 28.1 Å². The fourth-order valence-corrected chi connectivity index (χ4v) is 4.53. The lowest BCUT2D eigenvalue weighted by Crippen LogP contribution is -2.44. The number of carbonyl (C=O) groups excluding carboxylic acids is 5. The molecule has 15 nitrogen and oxygen atoms in total. The Morgan fingerprint density at radius 3 is 1.56 bits per heavy atom. The van der Waals surface area contributed by atoms with Gasteiger partial charge in [0.2, 0.25) is 0 Å². The summed E-state index contributed by atoms with van der Waals surface area (Å²) < 4.78 is 33.9. The molecule has 254 valence electrons. The van der Waals surface area contributed by atoms with Gasteiger partial charge in [-0.2, -0.15) is 0 Å². The SMILES string of the molecule is COC(=O)c1cc([C@@H](OC(=O)c2cccnc2)[C@H](OC(=O)c2cccnc2)[C@@H](COC(=O)c2cccnc2)OC(=O)c2cccnc2)oc1C. The van der Waals surface area contributed by atoms with Crippen molar-refractivity contribution < 1.29 is 52.1 Å². The van der Waals surface area contributed by atoms with E-state index >= 15 is 0 Å². The zero-order valence-electron chi connectivity index (χ0n) is 26.5. The number of methoxy groups -OCH3 is 1. The highest BCUT2D eigenvalue weighted by Gasteiger charge is 2.43. The minimum Gasteiger partial charge on any atom is -0.465 e. The predicted molar refractivity (Wildman–Crippen MR) is 169 cm³/mol. The molecule has 5 aromatic rings. The molecule has 0 aliphatic heterocycles. The number of nitrogens with zero attached hydrogens (tertiary/aromatic N) is 4. The molecule has 0 fully saturated rings. The van der Waals surface area contributed by atoms with Crippen molar-refractivity contribution in [2.24, 2.45) is 0 Å². The summed E-state index contributed by atoms with van der Waals surface area (Å²) in [6.07, 6.45) is 5.52. The average Bonchev–Trinajstić information content (AvgIpc) is 3.56. The Kier molecular flexibility index (Phi) is 11.3. The lowest BCUT2D eigenvalue weighted by molar-refractivity contribution is -0.107. The maximum Gasteiger partial charge on any atom is 0.341 e. The van der Waals surface area contributed by atoms with E-state index in [9.17, 15) is 24.0 Å². The van der Waals surface area contributed by atoms with Gasteiger partial charge in [0.25, 0.3) is 0 Å². The summed E-state index contributed by atoms with van der Waals surface area (Å²) in [6.45, 7) is 0.733. The maximum atomic E-state index is 13.6. The van der Waals surface area contributed by atoms with Crippen molar-refractivity contribution in [3.05, 3.63) is 144 Å². The van der Waals surface area contributed by atoms with Crippen LogP contribution in [0.4, 0.5) is 0 Å². The van der Waals surface area contributed by atoms with Crippen molar-refractivity contribution >= 4 is 29.8 Å². The van der Waals surface area contributed by atoms with Crippen LogP contribution >= 0.6 is 0 Å². The largest absolute Gasteiger partial charge is 0.465 e. The van der Waals surface area contributed by atoms with Crippen molar-refractivity contribution in [3.63, 3.8) is 0 Å². The summed E-state index contributed by atoms with van der Waals surface area (Å²) in [6, 6.07) is 12.9. The highest BCUT2D eigenvalue weighted by molar-refractivity contribution is 5.92. The Morgan fingerprint density at radius 2 is 1.10 bits per heavy atom. The molecule has 0 N–H and O–H groups in total. The quantitative estimate of drug-likeness (QED) is 0.127. The fraction of sp³-hybridized carbons (Fsp3) is 0.171. The van der Waals surface area contributed by atoms with Crippen LogP contribution in [0.3, 0.4) is 0 Å². The van der Waals surface area contributed by atoms with E-state index in [2.05, 4.69) is 19.9 Å². The van der Waals surface area contributed by atoms with Crippen LogP contribution in [0.15, 0.2) is 109 Å². The number of pyridine rings is 4. The minimum atomic E-state index is -1.79. The topological polar surface area (TPSA) is 196 Å². The molecule has 0 spiro atoms. The number of hydrogen-bond donors (Lipinski definition) is 0. The summed E-state index contributed by atoms with van der Waals surface area (Å²) in [4.78, 5) is 81.9. The molecule has 0 radical (unpaired) electrons. The molecule has 15 heteroatoms. The first-order valence-electron chi connectivity index (χ1n) is 14.8. The molecule has 3 atom stereocenters. The number of rotatable bonds is 13. The third-order valence-corrected chi connectivity index (χ3v) is 6.99. The van der Waals surface area contributed by atoms with Crippen molar-refractivity contribution in [1.29, 1.82) is 0 Å². The van der Waals surface area contributed by atoms with Crippen molar-refractivity contribution in [3.8, 4) is 0 Å². The molecule has 0 bridgehead atoms. The van der Waals surface area contributed by atoms with Crippen LogP contribution in [0.2, 0.25) is 0 Å². The number of aryl methyl sites for hydroxylation is 1. The molecule has 0 saturated heterocycles. The lowest BCUT2D eigenvalue weighted by atomic mass is 10.0. The first-order chi connectivity index (χ1) is 24.2. The van der Waals surface area contributed by atoms with Gasteiger partial charge < -0.3 is 28.1 Å². The zero-order chi connectivity index (χ0) is 35.5. The minimum absolute atomic E-state index is 0.000790. The van der Waals surface area contributed by atoms with Gasteiger partial charge in [0, 0.05) is 49.6 Å². The third-order valence-electron chi connectivity index (χ3n) is 6.99. The molecule has 0 amide bonds. The van der Waals surface area contributed by atoms with E-state index in [0.29, 0.717) is 0 Å². The first kappa shape index (κ1) is 34.6. The normalized spacial score (nSPS) is 12.4. The van der Waals surface area contributed by atoms with Gasteiger partial charge in [-0.05, 0) is 61.5 Å². The summed E-state index contributed by atoms with van der Waals surface area (Å²) >= 11 is 0. The van der Waals surface area contributed by atoms with Crippen LogP contribution in [0.5, 0.6) is 0 Å². The summed E-state index contributed by atoms with van der Waals surface area (Å²) in [5, 5.41) is 0. The lowest BCUT2D eigenvalue weighted by Gasteiger charge is -2.31. The first-order valence-corrected chi connectivity index (χ1v) is 14.8. The van der Waals surface area contributed by atoms with Gasteiger partial charge in [0.05, 0.1) is 29.4 Å². The third kappa shape index (κ3) is 8.57. The molecule has 5 heterocycles. The summed E-state index contributed by atoms with van der Waals surface area (Å²) in [5.41, 5.74) is 0.00890. The number of furan rings is 1. The molecule has 0 aliphatic carbocycles. The zero-order valence-corrected chi connectivity index (χ0v) is 26.5. The summed E-state index contributed by atoms with van der Waals surface area (Å²) in [5.74, 6) is -4.66. The Labute approximate surface area is 284 Å². The average molecular weight is 681 g/mol. The van der Waals surface area contributed by atoms with Crippen LogP contribution < -0.4 is 0 Å². The second-order valence-corrected chi connectivity index (χ2v) is 10.3. The van der Waals surface area contributed by atoms with Gasteiger partial charge >= 0.3 is 29.8 Å². The van der Waals surface area contributed by atoms with Gasteiger partial charge in [-0.1, -0.05) is 0 Å². The van der Waals surface area contributed by atoms with Crippen LogP contribution in [0.25, 0.3) is 0 Å². The molecule has 0 saturated carbocycles. The Hall–Kier alpha value is -6.77. The molecule has 0 unspecified atom stereocenters. The van der Waals surface area contributed by atoms with Gasteiger partial charge in [-0.15, -0.1) is 0 Å². The molecule has 0 aromatic carbocycles. The standard InChI is InChI=1S/C35H28N4O11/c1-21-26(35(44)45-2)15-27(47-21)29(49-33(42)24-9-5-13-38-18-24)30(50-34(43)25-10-6-14-39-19-25)28(48-32(41)23-8-4-12-37-17-23)20-46-31(40)22-7-3-11-36-16-22/h3-19,28-30H,20H2,1-2H3/t28-,29-,30-/m1/s1. The van der Waals surface area contributed by atoms with Crippen LogP contribution in [0.1, 0.15) is 69.4 Å². The van der Waals surface area contributed by atoms with E-state index in [-0.39, 0.29) is 39.3 Å². The Balaban J connectivity index is 1.62. The molecular weight excluding hydrogens is 652 g/mol. The smallest absolute Gasteiger partial charge is 0.341 e. The monoisotopic (exact) mass is 680 g/mol. The van der Waals surface area contributed by atoms with Gasteiger partial charge in [0.15, 0.2) is 18.3 Å². The highest BCUT2D eigenvalue weighted by atomic mass is 16.6. The highest BCUT2D eigenvalue weighted by Crippen LogP contribution is 2.33. The van der Waals surface area contributed by atoms with Gasteiger partial charge in [-0.3, -0.25) is 19.9 Å². The molecule has 0 aliphatic rings. The van der Waals surface area contributed by atoms with E-state index in [1.54, 1.807) is 0 Å². The van der Waals surface area contributed by atoms with Crippen LogP contribution in [-0.2, 0) is 23.7 Å².